The third-order valence-corrected chi connectivity index (χ3v) is 2.69. The van der Waals surface area contributed by atoms with E-state index in [1.54, 1.807) is 18.3 Å². The Morgan fingerprint density at radius 3 is 2.90 bits per heavy atom. The van der Waals surface area contributed by atoms with E-state index in [-0.39, 0.29) is 23.8 Å². The van der Waals surface area contributed by atoms with E-state index in [1.807, 2.05) is 13.8 Å². The second-order valence-corrected chi connectivity index (χ2v) is 4.90. The third kappa shape index (κ3) is 4.39. The summed E-state index contributed by atoms with van der Waals surface area (Å²) in [7, 11) is 0. The van der Waals surface area contributed by atoms with Crippen LogP contribution in [0.3, 0.4) is 0 Å². The van der Waals surface area contributed by atoms with Crippen molar-refractivity contribution in [3.05, 3.63) is 47.1 Å². The smallest absolute Gasteiger partial charge is 0.253 e. The van der Waals surface area contributed by atoms with Crippen molar-refractivity contribution in [1.82, 2.24) is 20.3 Å². The number of carbonyl (C=O) groups excluding carboxylic acids is 1. The molecule has 0 bridgehead atoms. The highest BCUT2D eigenvalue weighted by Crippen LogP contribution is 2.18. The number of ether oxygens (including phenoxy) is 1. The van der Waals surface area contributed by atoms with Gasteiger partial charge in [0.1, 0.15) is 0 Å². The second kappa shape index (κ2) is 6.99. The van der Waals surface area contributed by atoms with Crippen molar-refractivity contribution in [2.45, 2.75) is 26.5 Å². The average molecular weight is 307 g/mol. The van der Waals surface area contributed by atoms with Crippen molar-refractivity contribution in [3.8, 4) is 5.88 Å². The molecule has 21 heavy (non-hydrogen) atoms. The predicted octanol–water partition coefficient (Wildman–Crippen LogP) is 2.24. The molecule has 0 fully saturated rings. The SMILES string of the molecule is CC(C)Oc1nc(Cl)ncc1CNC(=O)c1cccnc1. The highest BCUT2D eigenvalue weighted by atomic mass is 35.5. The van der Waals surface area contributed by atoms with Gasteiger partial charge in [-0.15, -0.1) is 0 Å². The monoisotopic (exact) mass is 306 g/mol. The first-order valence-electron chi connectivity index (χ1n) is 6.42. The number of nitrogens with one attached hydrogen (secondary N) is 1. The molecule has 2 rings (SSSR count). The molecule has 110 valence electrons. The van der Waals surface area contributed by atoms with Crippen molar-refractivity contribution in [1.29, 1.82) is 0 Å². The summed E-state index contributed by atoms with van der Waals surface area (Å²) in [6.45, 7) is 4.01. The molecule has 0 aliphatic heterocycles. The molecule has 0 saturated carbocycles. The maximum atomic E-state index is 12.0. The minimum absolute atomic E-state index is 0.0521. The van der Waals surface area contributed by atoms with Crippen LogP contribution < -0.4 is 10.1 Å². The lowest BCUT2D eigenvalue weighted by Gasteiger charge is -2.13. The number of aromatic nitrogens is 3. The van der Waals surface area contributed by atoms with E-state index in [0.29, 0.717) is 17.0 Å². The predicted molar refractivity (Wildman–Crippen MR) is 78.2 cm³/mol. The number of nitrogens with zero attached hydrogens (tertiary/aromatic N) is 3. The van der Waals surface area contributed by atoms with E-state index in [1.165, 1.54) is 12.4 Å². The van der Waals surface area contributed by atoms with Crippen LogP contribution in [0.1, 0.15) is 29.8 Å². The number of halogens is 1. The van der Waals surface area contributed by atoms with Crippen LogP contribution >= 0.6 is 11.6 Å². The molecular weight excluding hydrogens is 292 g/mol. The Labute approximate surface area is 127 Å². The standard InChI is InChI=1S/C14H15ClN4O2/c1-9(2)21-13-11(8-18-14(15)19-13)7-17-12(20)10-4-3-5-16-6-10/h3-6,8-9H,7H2,1-2H3,(H,17,20). The fourth-order valence-corrected chi connectivity index (χ4v) is 1.72. The van der Waals surface area contributed by atoms with Crippen LogP contribution in [0.15, 0.2) is 30.7 Å². The highest BCUT2D eigenvalue weighted by molar-refractivity contribution is 6.28. The number of hydrogen-bond donors (Lipinski definition) is 1. The average Bonchev–Trinajstić information content (AvgIpc) is 2.46. The van der Waals surface area contributed by atoms with E-state index < -0.39 is 0 Å². The summed E-state index contributed by atoms with van der Waals surface area (Å²) in [5, 5.41) is 2.87. The lowest BCUT2D eigenvalue weighted by molar-refractivity contribution is 0.0950. The molecule has 0 aliphatic rings. The highest BCUT2D eigenvalue weighted by Gasteiger charge is 2.12. The van der Waals surface area contributed by atoms with Crippen molar-refractivity contribution < 1.29 is 9.53 Å². The maximum absolute atomic E-state index is 12.0. The normalized spacial score (nSPS) is 10.5. The summed E-state index contributed by atoms with van der Waals surface area (Å²) in [6.07, 6.45) is 4.59. The van der Waals surface area contributed by atoms with Gasteiger partial charge in [0.25, 0.3) is 5.91 Å². The zero-order chi connectivity index (χ0) is 15.2. The first-order chi connectivity index (χ1) is 10.1. The fraction of sp³-hybridized carbons (Fsp3) is 0.286. The molecule has 1 N–H and O–H groups in total. The number of rotatable bonds is 5. The summed E-state index contributed by atoms with van der Waals surface area (Å²) >= 11 is 5.76. The Morgan fingerprint density at radius 1 is 1.43 bits per heavy atom. The largest absolute Gasteiger partial charge is 0.475 e. The Balaban J connectivity index is 2.07. The molecule has 7 heteroatoms. The van der Waals surface area contributed by atoms with Gasteiger partial charge in [-0.1, -0.05) is 0 Å². The van der Waals surface area contributed by atoms with Gasteiger partial charge < -0.3 is 10.1 Å². The molecule has 2 aromatic heterocycles. The molecule has 0 aromatic carbocycles. The van der Waals surface area contributed by atoms with Gasteiger partial charge in [0.15, 0.2) is 0 Å². The van der Waals surface area contributed by atoms with Gasteiger partial charge in [-0.05, 0) is 37.6 Å². The van der Waals surface area contributed by atoms with Crippen molar-refractivity contribution in [2.24, 2.45) is 0 Å². The van der Waals surface area contributed by atoms with Gasteiger partial charge in [-0.3, -0.25) is 9.78 Å². The van der Waals surface area contributed by atoms with E-state index in [2.05, 4.69) is 20.3 Å². The van der Waals surface area contributed by atoms with Gasteiger partial charge in [-0.2, -0.15) is 4.98 Å². The number of pyridine rings is 1. The number of amides is 1. The van der Waals surface area contributed by atoms with E-state index in [9.17, 15) is 4.79 Å². The van der Waals surface area contributed by atoms with Gasteiger partial charge in [-0.25, -0.2) is 4.98 Å². The van der Waals surface area contributed by atoms with Gasteiger partial charge in [0, 0.05) is 25.1 Å². The summed E-state index contributed by atoms with van der Waals surface area (Å²) in [5.41, 5.74) is 1.14. The van der Waals surface area contributed by atoms with E-state index in [4.69, 9.17) is 16.3 Å². The third-order valence-electron chi connectivity index (χ3n) is 2.51. The molecule has 6 nitrogen and oxygen atoms in total. The first-order valence-corrected chi connectivity index (χ1v) is 6.80. The van der Waals surface area contributed by atoms with Crippen molar-refractivity contribution >= 4 is 17.5 Å². The van der Waals surface area contributed by atoms with Gasteiger partial charge in [0.05, 0.1) is 17.2 Å². The minimum atomic E-state index is -0.228. The summed E-state index contributed by atoms with van der Waals surface area (Å²) < 4.78 is 5.56. The molecule has 0 spiro atoms. The number of carbonyl (C=O) groups is 1. The minimum Gasteiger partial charge on any atom is -0.475 e. The molecule has 0 atom stereocenters. The van der Waals surface area contributed by atoms with Crippen LogP contribution in [0.25, 0.3) is 0 Å². The van der Waals surface area contributed by atoms with E-state index >= 15 is 0 Å². The van der Waals surface area contributed by atoms with Crippen LogP contribution in [0, 0.1) is 0 Å². The Hall–Kier alpha value is -2.21. The Kier molecular flexibility index (Phi) is 5.05. The Bertz CT molecular complexity index is 620. The van der Waals surface area contributed by atoms with Crippen molar-refractivity contribution in [3.63, 3.8) is 0 Å². The molecule has 2 aromatic rings. The molecular formula is C14H15ClN4O2. The molecule has 0 saturated heterocycles. The topological polar surface area (TPSA) is 77.0 Å². The second-order valence-electron chi connectivity index (χ2n) is 4.56. The molecule has 0 radical (unpaired) electrons. The zero-order valence-electron chi connectivity index (χ0n) is 11.7. The fourth-order valence-electron chi connectivity index (χ4n) is 1.59. The first kappa shape index (κ1) is 15.2. The van der Waals surface area contributed by atoms with Crippen LogP contribution in [0.5, 0.6) is 5.88 Å². The lowest BCUT2D eigenvalue weighted by atomic mass is 10.2. The summed E-state index contributed by atoms with van der Waals surface area (Å²) in [4.78, 5) is 23.8. The molecule has 0 unspecified atom stereocenters. The quantitative estimate of drug-likeness (QED) is 0.857. The van der Waals surface area contributed by atoms with Crippen molar-refractivity contribution in [2.75, 3.05) is 0 Å². The Morgan fingerprint density at radius 2 is 2.24 bits per heavy atom. The van der Waals surface area contributed by atoms with Crippen LogP contribution in [-0.2, 0) is 6.54 Å². The van der Waals surface area contributed by atoms with Crippen LogP contribution in [-0.4, -0.2) is 27.0 Å². The summed E-state index contributed by atoms with van der Waals surface area (Å²) in [5.74, 6) is 0.144. The molecule has 2 heterocycles. The number of hydrogen-bond acceptors (Lipinski definition) is 5. The van der Waals surface area contributed by atoms with E-state index in [0.717, 1.165) is 0 Å². The zero-order valence-corrected chi connectivity index (χ0v) is 12.5. The molecule has 0 aliphatic carbocycles. The molecule has 1 amide bonds. The van der Waals surface area contributed by atoms with Gasteiger partial charge in [0.2, 0.25) is 11.2 Å². The summed E-state index contributed by atoms with van der Waals surface area (Å²) in [6, 6.07) is 3.39. The van der Waals surface area contributed by atoms with Gasteiger partial charge >= 0.3 is 0 Å². The van der Waals surface area contributed by atoms with Crippen LogP contribution in [0.2, 0.25) is 5.28 Å². The maximum Gasteiger partial charge on any atom is 0.253 e. The lowest BCUT2D eigenvalue weighted by Crippen LogP contribution is -2.24. The van der Waals surface area contributed by atoms with Crippen LogP contribution in [0.4, 0.5) is 0 Å².